The summed E-state index contributed by atoms with van der Waals surface area (Å²) in [6, 6.07) is 20.7. The van der Waals surface area contributed by atoms with Crippen LogP contribution < -0.4 is 10.2 Å². The molecule has 0 fully saturated rings. The Morgan fingerprint density at radius 3 is 2.36 bits per heavy atom. The molecule has 0 spiro atoms. The molecule has 0 bridgehead atoms. The van der Waals surface area contributed by atoms with Crippen LogP contribution in [0.5, 0.6) is 0 Å². The van der Waals surface area contributed by atoms with Gasteiger partial charge in [-0.25, -0.2) is 0 Å². The predicted molar refractivity (Wildman–Crippen MR) is 112 cm³/mol. The highest BCUT2D eigenvalue weighted by atomic mass is 16.2. The summed E-state index contributed by atoms with van der Waals surface area (Å²) < 4.78 is 0. The number of benzene rings is 3. The van der Waals surface area contributed by atoms with Gasteiger partial charge in [0.25, 0.3) is 11.8 Å². The fraction of sp³-hybridized carbons (Fsp3) is 0.167. The Hall–Kier alpha value is -3.40. The summed E-state index contributed by atoms with van der Waals surface area (Å²) in [5.41, 5.74) is 6.27. The lowest BCUT2D eigenvalue weighted by atomic mass is 10.1. The van der Waals surface area contributed by atoms with E-state index >= 15 is 0 Å². The molecule has 0 aliphatic carbocycles. The third kappa shape index (κ3) is 3.29. The zero-order valence-electron chi connectivity index (χ0n) is 16.0. The number of carbonyl (C=O) groups is 2. The van der Waals surface area contributed by atoms with E-state index in [9.17, 15) is 9.59 Å². The van der Waals surface area contributed by atoms with Crippen LogP contribution in [-0.2, 0) is 6.42 Å². The van der Waals surface area contributed by atoms with E-state index in [2.05, 4.69) is 11.4 Å². The van der Waals surface area contributed by atoms with Gasteiger partial charge in [-0.05, 0) is 73.4 Å². The lowest BCUT2D eigenvalue weighted by Gasteiger charge is -2.17. The lowest BCUT2D eigenvalue weighted by Crippen LogP contribution is -2.28. The van der Waals surface area contributed by atoms with Gasteiger partial charge >= 0.3 is 0 Å². The van der Waals surface area contributed by atoms with Gasteiger partial charge in [0, 0.05) is 29.0 Å². The van der Waals surface area contributed by atoms with Crippen LogP contribution in [0.4, 0.5) is 11.4 Å². The van der Waals surface area contributed by atoms with Crippen LogP contribution >= 0.6 is 0 Å². The van der Waals surface area contributed by atoms with Crippen molar-refractivity contribution in [1.29, 1.82) is 0 Å². The van der Waals surface area contributed by atoms with E-state index in [0.29, 0.717) is 17.7 Å². The minimum absolute atomic E-state index is 0.0357. The molecule has 0 saturated carbocycles. The zero-order chi connectivity index (χ0) is 19.7. The van der Waals surface area contributed by atoms with Gasteiger partial charge < -0.3 is 10.2 Å². The number of rotatable bonds is 3. The van der Waals surface area contributed by atoms with E-state index < -0.39 is 0 Å². The SMILES string of the molecule is Cc1cccc(NC(=O)c2ccc(C(=O)N3CCc4ccccc43)cc2)c1C. The summed E-state index contributed by atoms with van der Waals surface area (Å²) in [5, 5.41) is 2.95. The van der Waals surface area contributed by atoms with Gasteiger partial charge in [-0.1, -0.05) is 30.3 Å². The highest BCUT2D eigenvalue weighted by Crippen LogP contribution is 2.29. The van der Waals surface area contributed by atoms with Crippen molar-refractivity contribution in [3.05, 3.63) is 94.5 Å². The van der Waals surface area contributed by atoms with E-state index in [4.69, 9.17) is 0 Å². The number of anilines is 2. The highest BCUT2D eigenvalue weighted by Gasteiger charge is 2.25. The molecule has 28 heavy (non-hydrogen) atoms. The van der Waals surface area contributed by atoms with Crippen molar-refractivity contribution in [3.8, 4) is 0 Å². The molecule has 0 unspecified atom stereocenters. The predicted octanol–water partition coefficient (Wildman–Crippen LogP) is 4.76. The van der Waals surface area contributed by atoms with Crippen molar-refractivity contribution >= 4 is 23.2 Å². The summed E-state index contributed by atoms with van der Waals surface area (Å²) in [7, 11) is 0. The van der Waals surface area contributed by atoms with Gasteiger partial charge in [0.15, 0.2) is 0 Å². The topological polar surface area (TPSA) is 49.4 Å². The summed E-state index contributed by atoms with van der Waals surface area (Å²) >= 11 is 0. The van der Waals surface area contributed by atoms with Crippen LogP contribution in [0, 0.1) is 13.8 Å². The van der Waals surface area contributed by atoms with Crippen LogP contribution in [-0.4, -0.2) is 18.4 Å². The fourth-order valence-corrected chi connectivity index (χ4v) is 3.55. The molecule has 140 valence electrons. The molecule has 4 nitrogen and oxygen atoms in total. The Labute approximate surface area is 164 Å². The van der Waals surface area contributed by atoms with Gasteiger partial charge in [0.05, 0.1) is 0 Å². The molecule has 4 rings (SSSR count). The number of para-hydroxylation sites is 1. The third-order valence-electron chi connectivity index (χ3n) is 5.38. The second-order valence-corrected chi connectivity index (χ2v) is 7.11. The van der Waals surface area contributed by atoms with E-state index in [1.165, 1.54) is 5.56 Å². The zero-order valence-corrected chi connectivity index (χ0v) is 16.0. The number of hydrogen-bond donors (Lipinski definition) is 1. The number of nitrogens with zero attached hydrogens (tertiary/aromatic N) is 1. The first-order chi connectivity index (χ1) is 13.5. The first-order valence-corrected chi connectivity index (χ1v) is 9.42. The van der Waals surface area contributed by atoms with Crippen LogP contribution in [0.25, 0.3) is 0 Å². The average molecular weight is 370 g/mol. The number of hydrogen-bond acceptors (Lipinski definition) is 2. The summed E-state index contributed by atoms with van der Waals surface area (Å²) in [4.78, 5) is 27.3. The second-order valence-electron chi connectivity index (χ2n) is 7.11. The minimum atomic E-state index is -0.181. The third-order valence-corrected chi connectivity index (χ3v) is 5.38. The molecule has 3 aromatic rings. The Kier molecular flexibility index (Phi) is 4.70. The summed E-state index contributed by atoms with van der Waals surface area (Å²) in [6.07, 6.45) is 0.873. The Bertz CT molecular complexity index is 1050. The first-order valence-electron chi connectivity index (χ1n) is 9.42. The molecular formula is C24H22N2O2. The van der Waals surface area contributed by atoms with E-state index in [-0.39, 0.29) is 11.8 Å². The van der Waals surface area contributed by atoms with E-state index in [1.807, 2.05) is 50.2 Å². The maximum absolute atomic E-state index is 12.9. The van der Waals surface area contributed by atoms with Gasteiger partial charge in [-0.15, -0.1) is 0 Å². The Morgan fingerprint density at radius 2 is 1.57 bits per heavy atom. The van der Waals surface area contributed by atoms with Crippen LogP contribution in [0.3, 0.4) is 0 Å². The molecule has 0 saturated heterocycles. The highest BCUT2D eigenvalue weighted by molar-refractivity contribution is 6.09. The molecular weight excluding hydrogens is 348 g/mol. The summed E-state index contributed by atoms with van der Waals surface area (Å²) in [5.74, 6) is -0.217. The van der Waals surface area contributed by atoms with Gasteiger partial charge in [0.1, 0.15) is 0 Å². The van der Waals surface area contributed by atoms with Gasteiger partial charge in [-0.2, -0.15) is 0 Å². The van der Waals surface area contributed by atoms with Crippen molar-refractivity contribution in [3.63, 3.8) is 0 Å². The molecule has 0 aromatic heterocycles. The molecule has 3 aromatic carbocycles. The van der Waals surface area contributed by atoms with Gasteiger partial charge in [0.2, 0.25) is 0 Å². The number of fused-ring (bicyclic) bond motifs is 1. The maximum atomic E-state index is 12.9. The molecule has 1 aliphatic rings. The molecule has 0 radical (unpaired) electrons. The Morgan fingerprint density at radius 1 is 0.857 bits per heavy atom. The minimum Gasteiger partial charge on any atom is -0.322 e. The van der Waals surface area contributed by atoms with Crippen LogP contribution in [0.2, 0.25) is 0 Å². The molecule has 1 aliphatic heterocycles. The fourth-order valence-electron chi connectivity index (χ4n) is 3.55. The number of nitrogens with one attached hydrogen (secondary N) is 1. The lowest BCUT2D eigenvalue weighted by molar-refractivity contribution is 0.0986. The van der Waals surface area contributed by atoms with Crippen molar-refractivity contribution < 1.29 is 9.59 Å². The van der Waals surface area contributed by atoms with Crippen LogP contribution in [0.1, 0.15) is 37.4 Å². The number of carbonyl (C=O) groups excluding carboxylic acids is 2. The largest absolute Gasteiger partial charge is 0.322 e. The maximum Gasteiger partial charge on any atom is 0.258 e. The van der Waals surface area contributed by atoms with E-state index in [0.717, 1.165) is 28.9 Å². The molecule has 1 N–H and O–H groups in total. The van der Waals surface area contributed by atoms with Gasteiger partial charge in [-0.3, -0.25) is 9.59 Å². The van der Waals surface area contributed by atoms with Crippen molar-refractivity contribution in [2.45, 2.75) is 20.3 Å². The molecule has 0 atom stereocenters. The molecule has 2 amide bonds. The summed E-state index contributed by atoms with van der Waals surface area (Å²) in [6.45, 7) is 4.69. The average Bonchev–Trinajstić information content (AvgIpc) is 3.15. The molecule has 4 heteroatoms. The number of aryl methyl sites for hydroxylation is 1. The van der Waals surface area contributed by atoms with E-state index in [1.54, 1.807) is 29.2 Å². The smallest absolute Gasteiger partial charge is 0.258 e. The van der Waals surface area contributed by atoms with Crippen molar-refractivity contribution in [2.75, 3.05) is 16.8 Å². The second kappa shape index (κ2) is 7.31. The quantitative estimate of drug-likeness (QED) is 0.723. The van der Waals surface area contributed by atoms with Crippen molar-refractivity contribution in [2.24, 2.45) is 0 Å². The first kappa shape index (κ1) is 18.0. The number of amides is 2. The Balaban J connectivity index is 1.50. The normalized spacial score (nSPS) is 12.6. The molecule has 1 heterocycles. The van der Waals surface area contributed by atoms with Crippen molar-refractivity contribution in [1.82, 2.24) is 0 Å². The van der Waals surface area contributed by atoms with Crippen LogP contribution in [0.15, 0.2) is 66.7 Å². The monoisotopic (exact) mass is 370 g/mol. The standard InChI is InChI=1S/C24H22N2O2/c1-16-6-5-8-21(17(16)2)25-23(27)19-10-12-20(13-11-19)24(28)26-15-14-18-7-3-4-9-22(18)26/h3-13H,14-15H2,1-2H3,(H,25,27).